The molecule has 44 heavy (non-hydrogen) atoms. The minimum atomic E-state index is -0.749. The first kappa shape index (κ1) is 36.3. The van der Waals surface area contributed by atoms with Crippen molar-refractivity contribution in [3.05, 3.63) is 84.0 Å². The summed E-state index contributed by atoms with van der Waals surface area (Å²) in [5, 5.41) is 0. The van der Waals surface area contributed by atoms with Gasteiger partial charge in [0, 0.05) is 33.1 Å². The average Bonchev–Trinajstić information content (AvgIpc) is 2.94. The summed E-state index contributed by atoms with van der Waals surface area (Å²) in [4.78, 5) is 38.8. The van der Waals surface area contributed by atoms with Crippen molar-refractivity contribution in [1.82, 2.24) is 0 Å². The van der Waals surface area contributed by atoms with E-state index in [1.807, 2.05) is 61.5 Å². The van der Waals surface area contributed by atoms with Crippen molar-refractivity contribution in [2.45, 2.75) is 93.4 Å². The molecule has 0 unspecified atom stereocenters. The first-order valence-electron chi connectivity index (χ1n) is 15.1. The summed E-state index contributed by atoms with van der Waals surface area (Å²) in [6.07, 6.45) is 7.56. The van der Waals surface area contributed by atoms with Gasteiger partial charge in [-0.15, -0.1) is 13.2 Å². The zero-order valence-corrected chi connectivity index (χ0v) is 28.5. The SMILES string of the molecule is C=CC(C)(C)c1cc(C=CC(=O)c2ccc(OC(=O)C(C)(C)C)cc2)c(OCCC)c(C(C)(C)C=C)c1OC(=O)C(C)(C)C. The van der Waals surface area contributed by atoms with Gasteiger partial charge in [0.05, 0.1) is 17.4 Å². The Kier molecular flexibility index (Phi) is 11.4. The molecule has 0 bridgehead atoms. The summed E-state index contributed by atoms with van der Waals surface area (Å²) < 4.78 is 18.0. The third-order valence-electron chi connectivity index (χ3n) is 7.25. The molecular weight excluding hydrogens is 552 g/mol. The molecular formula is C38H50O6. The average molecular weight is 603 g/mol. The van der Waals surface area contributed by atoms with Gasteiger partial charge >= 0.3 is 11.9 Å². The summed E-state index contributed by atoms with van der Waals surface area (Å²) in [7, 11) is 0. The van der Waals surface area contributed by atoms with Gasteiger partial charge in [-0.25, -0.2) is 0 Å². The number of ketones is 1. The van der Waals surface area contributed by atoms with Gasteiger partial charge in [-0.3, -0.25) is 14.4 Å². The Morgan fingerprint density at radius 2 is 1.27 bits per heavy atom. The van der Waals surface area contributed by atoms with E-state index in [0.29, 0.717) is 40.5 Å². The smallest absolute Gasteiger partial charge is 0.316 e. The van der Waals surface area contributed by atoms with Crippen LogP contribution in [-0.4, -0.2) is 24.3 Å². The second kappa shape index (κ2) is 13.8. The molecule has 2 aromatic rings. The first-order valence-corrected chi connectivity index (χ1v) is 15.1. The summed E-state index contributed by atoms with van der Waals surface area (Å²) in [5.74, 6) is 0.326. The Balaban J connectivity index is 2.76. The van der Waals surface area contributed by atoms with Crippen LogP contribution >= 0.6 is 0 Å². The molecule has 0 aromatic heterocycles. The number of carbonyl (C=O) groups is 3. The molecule has 0 radical (unpaired) electrons. The molecule has 0 atom stereocenters. The largest absolute Gasteiger partial charge is 0.493 e. The predicted molar refractivity (Wildman–Crippen MR) is 179 cm³/mol. The topological polar surface area (TPSA) is 78.9 Å². The van der Waals surface area contributed by atoms with Crippen LogP contribution in [0.5, 0.6) is 17.2 Å². The quantitative estimate of drug-likeness (QED) is 0.0792. The molecule has 0 N–H and O–H groups in total. The van der Waals surface area contributed by atoms with Crippen LogP contribution in [0.1, 0.15) is 110 Å². The highest BCUT2D eigenvalue weighted by Crippen LogP contribution is 2.49. The molecule has 6 nitrogen and oxygen atoms in total. The van der Waals surface area contributed by atoms with Crippen molar-refractivity contribution >= 4 is 23.8 Å². The van der Waals surface area contributed by atoms with E-state index >= 15 is 0 Å². The molecule has 0 heterocycles. The van der Waals surface area contributed by atoms with E-state index in [0.717, 1.165) is 12.0 Å². The summed E-state index contributed by atoms with van der Waals surface area (Å²) >= 11 is 0. The van der Waals surface area contributed by atoms with Crippen LogP contribution in [0.4, 0.5) is 0 Å². The molecule has 0 spiro atoms. The fraction of sp³-hybridized carbons (Fsp3) is 0.447. The third kappa shape index (κ3) is 8.81. The summed E-state index contributed by atoms with van der Waals surface area (Å²) in [5.41, 5.74) is -0.171. The molecule has 0 amide bonds. The zero-order valence-electron chi connectivity index (χ0n) is 28.5. The monoisotopic (exact) mass is 602 g/mol. The first-order chi connectivity index (χ1) is 20.2. The Labute approximate surface area is 264 Å². The molecule has 2 aromatic carbocycles. The third-order valence-corrected chi connectivity index (χ3v) is 7.25. The minimum absolute atomic E-state index is 0.238. The van der Waals surface area contributed by atoms with E-state index in [-0.39, 0.29) is 17.7 Å². The Hall–Kier alpha value is -3.93. The van der Waals surface area contributed by atoms with E-state index in [2.05, 4.69) is 13.2 Å². The van der Waals surface area contributed by atoms with Crippen LogP contribution in [0.25, 0.3) is 6.08 Å². The number of benzene rings is 2. The maximum atomic E-state index is 13.3. The Morgan fingerprint density at radius 1 is 0.750 bits per heavy atom. The summed E-state index contributed by atoms with van der Waals surface area (Å²) in [6, 6.07) is 8.36. The van der Waals surface area contributed by atoms with E-state index in [1.165, 1.54) is 6.08 Å². The highest BCUT2D eigenvalue weighted by molar-refractivity contribution is 6.07. The molecule has 0 fully saturated rings. The predicted octanol–water partition coefficient (Wildman–Crippen LogP) is 9.20. The van der Waals surface area contributed by atoms with Crippen LogP contribution in [0.15, 0.2) is 61.7 Å². The van der Waals surface area contributed by atoms with Gasteiger partial charge in [0.2, 0.25) is 0 Å². The van der Waals surface area contributed by atoms with Crippen LogP contribution in [0.3, 0.4) is 0 Å². The van der Waals surface area contributed by atoms with Crippen molar-refractivity contribution in [1.29, 1.82) is 0 Å². The van der Waals surface area contributed by atoms with Crippen molar-refractivity contribution in [2.75, 3.05) is 6.61 Å². The highest BCUT2D eigenvalue weighted by Gasteiger charge is 2.36. The Morgan fingerprint density at radius 3 is 1.75 bits per heavy atom. The van der Waals surface area contributed by atoms with Crippen LogP contribution in [0, 0.1) is 10.8 Å². The molecule has 0 aliphatic heterocycles. The molecule has 2 rings (SSSR count). The lowest BCUT2D eigenvalue weighted by atomic mass is 9.76. The fourth-order valence-corrected chi connectivity index (χ4v) is 3.99. The lowest BCUT2D eigenvalue weighted by Crippen LogP contribution is -2.30. The normalized spacial score (nSPS) is 12.5. The molecule has 238 valence electrons. The van der Waals surface area contributed by atoms with Crippen LogP contribution in [-0.2, 0) is 20.4 Å². The van der Waals surface area contributed by atoms with Crippen molar-refractivity contribution in [2.24, 2.45) is 10.8 Å². The number of hydrogen-bond acceptors (Lipinski definition) is 6. The number of esters is 2. The fourth-order valence-electron chi connectivity index (χ4n) is 3.99. The highest BCUT2D eigenvalue weighted by atomic mass is 16.5. The van der Waals surface area contributed by atoms with Gasteiger partial charge in [0.1, 0.15) is 17.2 Å². The summed E-state index contributed by atoms with van der Waals surface area (Å²) in [6.45, 7) is 29.3. The van der Waals surface area contributed by atoms with Crippen LogP contribution in [0.2, 0.25) is 0 Å². The second-order valence-corrected chi connectivity index (χ2v) is 14.2. The van der Waals surface area contributed by atoms with E-state index in [9.17, 15) is 14.4 Å². The minimum Gasteiger partial charge on any atom is -0.493 e. The lowest BCUT2D eigenvalue weighted by Gasteiger charge is -2.33. The van der Waals surface area contributed by atoms with E-state index < -0.39 is 21.7 Å². The maximum Gasteiger partial charge on any atom is 0.316 e. The van der Waals surface area contributed by atoms with Gasteiger partial charge in [-0.1, -0.05) is 46.8 Å². The van der Waals surface area contributed by atoms with Gasteiger partial charge in [0.15, 0.2) is 5.78 Å². The number of carbonyl (C=O) groups excluding carboxylic acids is 3. The van der Waals surface area contributed by atoms with Crippen LogP contribution < -0.4 is 14.2 Å². The number of rotatable bonds is 12. The Bertz CT molecular complexity index is 1420. The van der Waals surface area contributed by atoms with Gasteiger partial charge in [-0.2, -0.15) is 0 Å². The molecule has 0 saturated carbocycles. The van der Waals surface area contributed by atoms with Crippen molar-refractivity contribution < 1.29 is 28.6 Å². The van der Waals surface area contributed by atoms with Crippen molar-refractivity contribution in [3.8, 4) is 17.2 Å². The lowest BCUT2D eigenvalue weighted by molar-refractivity contribution is -0.143. The van der Waals surface area contributed by atoms with Crippen molar-refractivity contribution in [3.63, 3.8) is 0 Å². The van der Waals surface area contributed by atoms with E-state index in [1.54, 1.807) is 63.3 Å². The van der Waals surface area contributed by atoms with E-state index in [4.69, 9.17) is 14.2 Å². The molecule has 0 aliphatic rings. The number of allylic oxidation sites excluding steroid dienone is 3. The molecule has 0 aliphatic carbocycles. The van der Waals surface area contributed by atoms with Gasteiger partial charge in [0.25, 0.3) is 0 Å². The molecule has 0 saturated heterocycles. The number of hydrogen-bond donors (Lipinski definition) is 0. The molecule has 6 heteroatoms. The van der Waals surface area contributed by atoms with Gasteiger partial charge < -0.3 is 14.2 Å². The second-order valence-electron chi connectivity index (χ2n) is 14.2. The number of ether oxygens (including phenoxy) is 3. The zero-order chi connectivity index (χ0) is 33.7. The van der Waals surface area contributed by atoms with Gasteiger partial charge in [-0.05, 0) is 90.4 Å². The maximum absolute atomic E-state index is 13.3. The standard InChI is InChI=1S/C38H50O6/c1-14-23-42-31-26(19-22-29(39)25-17-20-27(21-18-25)43-33(40)35(4,5)6)24-28(37(10,11)15-2)32(30(31)38(12,13)16-3)44-34(41)36(7,8)9/h15-22,24H,2-3,14,23H2,1,4-13H3.